The van der Waals surface area contributed by atoms with E-state index in [1.165, 1.54) is 0 Å². The first-order valence-corrected chi connectivity index (χ1v) is 3.51. The van der Waals surface area contributed by atoms with E-state index in [0.717, 1.165) is 5.75 Å². The van der Waals surface area contributed by atoms with E-state index in [9.17, 15) is 0 Å². The molecule has 72 valence electrons. The molecule has 0 radical (unpaired) electrons. The van der Waals surface area contributed by atoms with Gasteiger partial charge in [0, 0.05) is 12.9 Å². The van der Waals surface area contributed by atoms with Crippen LogP contribution in [0.2, 0.25) is 0 Å². The quantitative estimate of drug-likeness (QED) is 0.611. The molecule has 0 aromatic heterocycles. The van der Waals surface area contributed by atoms with Gasteiger partial charge in [-0.15, -0.1) is 12.1 Å². The molecule has 0 saturated carbocycles. The normalized spacial score (nSPS) is 8.08. The first-order chi connectivity index (χ1) is 5.43. The van der Waals surface area contributed by atoms with Crippen molar-refractivity contribution >= 4 is 0 Å². The first-order valence-electron chi connectivity index (χ1n) is 3.51. The molecule has 0 N–H and O–H groups in total. The minimum absolute atomic E-state index is 0. The van der Waals surface area contributed by atoms with Crippen LogP contribution >= 0.6 is 0 Å². The van der Waals surface area contributed by atoms with Crippen molar-refractivity contribution in [1.29, 1.82) is 0 Å². The smallest absolute Gasteiger partial charge is 0.517 e. The molecule has 3 heteroatoms. The number of benzene rings is 1. The largest absolute Gasteiger partial charge is 2.00 e. The zero-order valence-electron chi connectivity index (χ0n) is 7.95. The molecule has 0 spiro atoms. The van der Waals surface area contributed by atoms with Gasteiger partial charge in [0.1, 0.15) is 6.61 Å². The fourth-order valence-corrected chi connectivity index (χ4v) is 0.711. The van der Waals surface area contributed by atoms with Crippen LogP contribution in [0, 0.1) is 13.5 Å². The predicted molar refractivity (Wildman–Crippen MR) is 49.1 cm³/mol. The average Bonchev–Trinajstić information content (AvgIpc) is 2.07. The third-order valence-electron chi connectivity index (χ3n) is 1.24. The van der Waals surface area contributed by atoms with Crippen molar-refractivity contribution < 1.29 is 30.5 Å². The second-order valence-electron chi connectivity index (χ2n) is 2.08. The maximum atomic E-state index is 5.30. The van der Waals surface area contributed by atoms with E-state index < -0.39 is 0 Å². The molecule has 0 aliphatic carbocycles. The summed E-state index contributed by atoms with van der Waals surface area (Å²) < 4.78 is 10.1. The Morgan fingerprint density at radius 3 is 2.38 bits per heavy atom. The standard InChI is InChI=1S/C9H11O2.CH3.W/c1-10-7-8-11-9-5-3-2-4-6-9;;/h3-6H,7-8H2,1H3;1H3;/q2*-1;+2. The molecular formula is C10H14O2W. The van der Waals surface area contributed by atoms with Gasteiger partial charge in [-0.25, -0.2) is 0 Å². The van der Waals surface area contributed by atoms with Crippen molar-refractivity contribution in [1.82, 2.24) is 0 Å². The molecule has 0 fully saturated rings. The summed E-state index contributed by atoms with van der Waals surface area (Å²) in [6.07, 6.45) is 0. The Bertz CT molecular complexity index is 189. The summed E-state index contributed by atoms with van der Waals surface area (Å²) in [5.74, 6) is 0.862. The van der Waals surface area contributed by atoms with Crippen molar-refractivity contribution in [3.8, 4) is 5.75 Å². The van der Waals surface area contributed by atoms with Gasteiger partial charge in [-0.3, -0.25) is 0 Å². The van der Waals surface area contributed by atoms with Gasteiger partial charge in [0.2, 0.25) is 0 Å². The van der Waals surface area contributed by atoms with Gasteiger partial charge in [-0.2, -0.15) is 18.2 Å². The molecule has 1 aromatic rings. The Hall–Kier alpha value is -0.332. The zero-order chi connectivity index (χ0) is 7.94. The molecule has 0 amide bonds. The maximum absolute atomic E-state index is 5.30. The second-order valence-corrected chi connectivity index (χ2v) is 2.08. The van der Waals surface area contributed by atoms with Crippen LogP contribution in [0.25, 0.3) is 0 Å². The zero-order valence-corrected chi connectivity index (χ0v) is 10.9. The third-order valence-corrected chi connectivity index (χ3v) is 1.24. The van der Waals surface area contributed by atoms with Gasteiger partial charge in [0.25, 0.3) is 0 Å². The number of methoxy groups -OCH3 is 1. The van der Waals surface area contributed by atoms with Crippen LogP contribution in [-0.4, -0.2) is 20.3 Å². The topological polar surface area (TPSA) is 18.5 Å². The Kier molecular flexibility index (Phi) is 11.4. The predicted octanol–water partition coefficient (Wildman–Crippen LogP) is 1.96. The van der Waals surface area contributed by atoms with Gasteiger partial charge in [0.15, 0.2) is 0 Å². The SMILES string of the molecule is COCCOc1cc[c-]cc1.[CH3-].[W+2]. The van der Waals surface area contributed by atoms with Gasteiger partial charge < -0.3 is 16.9 Å². The van der Waals surface area contributed by atoms with Crippen LogP contribution in [0.5, 0.6) is 5.75 Å². The molecule has 2 nitrogen and oxygen atoms in total. The molecule has 0 aliphatic heterocycles. The van der Waals surface area contributed by atoms with Gasteiger partial charge in [-0.05, 0) is 0 Å². The van der Waals surface area contributed by atoms with Crippen LogP contribution in [0.15, 0.2) is 24.3 Å². The summed E-state index contributed by atoms with van der Waals surface area (Å²) in [5, 5.41) is 0. The summed E-state index contributed by atoms with van der Waals surface area (Å²) in [5.41, 5.74) is 0. The van der Waals surface area contributed by atoms with E-state index in [2.05, 4.69) is 6.07 Å². The summed E-state index contributed by atoms with van der Waals surface area (Å²) in [6.45, 7) is 1.22. The van der Waals surface area contributed by atoms with Crippen LogP contribution in [0.4, 0.5) is 0 Å². The van der Waals surface area contributed by atoms with E-state index in [1.54, 1.807) is 7.11 Å². The fourth-order valence-electron chi connectivity index (χ4n) is 0.711. The fraction of sp³-hybridized carbons (Fsp3) is 0.300. The number of ether oxygens (including phenoxy) is 2. The van der Waals surface area contributed by atoms with E-state index in [0.29, 0.717) is 13.2 Å². The molecule has 0 saturated heterocycles. The molecule has 0 bridgehead atoms. The van der Waals surface area contributed by atoms with E-state index in [-0.39, 0.29) is 28.5 Å². The molecule has 1 rings (SSSR count). The van der Waals surface area contributed by atoms with Crippen molar-refractivity contribution in [2.45, 2.75) is 0 Å². The van der Waals surface area contributed by atoms with Gasteiger partial charge in [0.05, 0.1) is 6.61 Å². The summed E-state index contributed by atoms with van der Waals surface area (Å²) >= 11 is 0. The molecule has 1 aromatic carbocycles. The second kappa shape index (κ2) is 9.75. The van der Waals surface area contributed by atoms with Gasteiger partial charge >= 0.3 is 21.1 Å². The van der Waals surface area contributed by atoms with Crippen LogP contribution < -0.4 is 4.74 Å². The van der Waals surface area contributed by atoms with Crippen molar-refractivity contribution in [2.24, 2.45) is 0 Å². The molecule has 0 atom stereocenters. The minimum atomic E-state index is 0. The van der Waals surface area contributed by atoms with Crippen LogP contribution in [0.3, 0.4) is 0 Å². The van der Waals surface area contributed by atoms with E-state index in [1.807, 2.05) is 24.3 Å². The number of hydrogen-bond acceptors (Lipinski definition) is 2. The van der Waals surface area contributed by atoms with E-state index in [4.69, 9.17) is 9.47 Å². The van der Waals surface area contributed by atoms with Gasteiger partial charge in [-0.1, -0.05) is 0 Å². The van der Waals surface area contributed by atoms with Crippen molar-refractivity contribution in [3.63, 3.8) is 0 Å². The maximum Gasteiger partial charge on any atom is 2.00 e. The Balaban J connectivity index is 0. The summed E-state index contributed by atoms with van der Waals surface area (Å²) in [6, 6.07) is 10.3. The molecule has 0 unspecified atom stereocenters. The molecule has 0 heterocycles. The first kappa shape index (κ1) is 15.2. The van der Waals surface area contributed by atoms with E-state index >= 15 is 0 Å². The van der Waals surface area contributed by atoms with Crippen LogP contribution in [-0.2, 0) is 25.8 Å². The minimum Gasteiger partial charge on any atom is -0.517 e. The Labute approximate surface area is 94.5 Å². The third kappa shape index (κ3) is 6.80. The average molecular weight is 350 g/mol. The van der Waals surface area contributed by atoms with Crippen molar-refractivity contribution in [2.75, 3.05) is 20.3 Å². The van der Waals surface area contributed by atoms with Crippen LogP contribution in [0.1, 0.15) is 0 Å². The summed E-state index contributed by atoms with van der Waals surface area (Å²) in [7, 11) is 1.65. The Morgan fingerprint density at radius 2 is 1.85 bits per heavy atom. The Morgan fingerprint density at radius 1 is 1.23 bits per heavy atom. The monoisotopic (exact) mass is 350 g/mol. The number of hydrogen-bond donors (Lipinski definition) is 0. The number of rotatable bonds is 4. The summed E-state index contributed by atoms with van der Waals surface area (Å²) in [4.78, 5) is 0. The van der Waals surface area contributed by atoms with Crippen molar-refractivity contribution in [3.05, 3.63) is 37.8 Å². The molecule has 13 heavy (non-hydrogen) atoms. The molecular weight excluding hydrogens is 336 g/mol. The molecule has 0 aliphatic rings.